The van der Waals surface area contributed by atoms with Crippen LogP contribution in [0.2, 0.25) is 0 Å². The number of carbonyl (C=O) groups is 1. The summed E-state index contributed by atoms with van der Waals surface area (Å²) in [4.78, 5) is 11.0. The molecule has 0 fully saturated rings. The Bertz CT molecular complexity index is 582. The summed E-state index contributed by atoms with van der Waals surface area (Å²) in [7, 11) is 0. The van der Waals surface area contributed by atoms with Crippen molar-refractivity contribution in [3.8, 4) is 0 Å². The van der Waals surface area contributed by atoms with Crippen molar-refractivity contribution in [3.63, 3.8) is 0 Å². The van der Waals surface area contributed by atoms with Gasteiger partial charge in [-0.15, -0.1) is 0 Å². The van der Waals surface area contributed by atoms with Crippen LogP contribution < -0.4 is 11.5 Å². The highest BCUT2D eigenvalue weighted by molar-refractivity contribution is 5.79. The van der Waals surface area contributed by atoms with Gasteiger partial charge in [0.2, 0.25) is 5.91 Å². The number of aliphatic hydroxyl groups is 1. The second kappa shape index (κ2) is 5.54. The summed E-state index contributed by atoms with van der Waals surface area (Å²) >= 11 is 0. The van der Waals surface area contributed by atoms with Crippen LogP contribution in [0.15, 0.2) is 48.5 Å². The molecule has 4 nitrogen and oxygen atoms in total. The third-order valence-electron chi connectivity index (χ3n) is 3.00. The summed E-state index contributed by atoms with van der Waals surface area (Å²) in [5, 5.41) is 10.3. The summed E-state index contributed by atoms with van der Waals surface area (Å²) in [5.74, 6) is -0.446. The minimum absolute atomic E-state index is 0.0706. The minimum atomic E-state index is -0.811. The van der Waals surface area contributed by atoms with E-state index in [9.17, 15) is 9.90 Å². The quantitative estimate of drug-likeness (QED) is 0.722. The van der Waals surface area contributed by atoms with E-state index < -0.39 is 12.0 Å². The van der Waals surface area contributed by atoms with Gasteiger partial charge in [-0.1, -0.05) is 48.5 Å². The summed E-state index contributed by atoms with van der Waals surface area (Å²) < 4.78 is 0. The van der Waals surface area contributed by atoms with Crippen molar-refractivity contribution in [3.05, 3.63) is 65.2 Å². The topological polar surface area (TPSA) is 89.3 Å². The lowest BCUT2D eigenvalue weighted by atomic mass is 9.96. The first kappa shape index (κ1) is 13.1. The summed E-state index contributed by atoms with van der Waals surface area (Å²) in [5.41, 5.74) is 13.6. The Kier molecular flexibility index (Phi) is 3.82. The molecule has 0 unspecified atom stereocenters. The van der Waals surface area contributed by atoms with Crippen molar-refractivity contribution in [2.24, 2.45) is 5.73 Å². The third-order valence-corrected chi connectivity index (χ3v) is 3.00. The first-order valence-corrected chi connectivity index (χ1v) is 5.98. The van der Waals surface area contributed by atoms with E-state index in [1.807, 2.05) is 30.3 Å². The number of nitrogen functional groups attached to an aromatic ring is 1. The van der Waals surface area contributed by atoms with Crippen LogP contribution in [0.25, 0.3) is 0 Å². The summed E-state index contributed by atoms with van der Waals surface area (Å²) in [6.45, 7) is 0. The fraction of sp³-hybridized carbons (Fsp3) is 0.133. The van der Waals surface area contributed by atoms with Crippen molar-refractivity contribution in [2.75, 3.05) is 5.73 Å². The van der Waals surface area contributed by atoms with E-state index in [0.29, 0.717) is 16.8 Å². The predicted octanol–water partition coefficient (Wildman–Crippen LogP) is 1.38. The van der Waals surface area contributed by atoms with E-state index >= 15 is 0 Å². The third kappa shape index (κ3) is 2.92. The SMILES string of the molecule is NC(=O)Cc1cccc([C@@H](O)c2ccccc2)c1N. The van der Waals surface area contributed by atoms with Gasteiger partial charge in [0.1, 0.15) is 6.10 Å². The van der Waals surface area contributed by atoms with Gasteiger partial charge in [0.25, 0.3) is 0 Å². The van der Waals surface area contributed by atoms with Gasteiger partial charge < -0.3 is 16.6 Å². The fourth-order valence-corrected chi connectivity index (χ4v) is 2.03. The standard InChI is InChI=1S/C15H16N2O2/c16-13(18)9-11-7-4-8-12(14(11)17)15(19)10-5-2-1-3-6-10/h1-8,15,19H,9,17H2,(H2,16,18)/t15-/m0/s1. The van der Waals surface area contributed by atoms with Crippen molar-refractivity contribution in [1.29, 1.82) is 0 Å². The molecule has 0 radical (unpaired) electrons. The fourth-order valence-electron chi connectivity index (χ4n) is 2.03. The van der Waals surface area contributed by atoms with Gasteiger partial charge in [-0.3, -0.25) is 4.79 Å². The molecule has 98 valence electrons. The molecule has 0 spiro atoms. The number of nitrogens with two attached hydrogens (primary N) is 2. The normalized spacial score (nSPS) is 12.1. The Morgan fingerprint density at radius 2 is 1.79 bits per heavy atom. The maximum atomic E-state index is 11.0. The maximum absolute atomic E-state index is 11.0. The van der Waals surface area contributed by atoms with E-state index in [4.69, 9.17) is 11.5 Å². The van der Waals surface area contributed by atoms with Crippen LogP contribution in [0.4, 0.5) is 5.69 Å². The molecule has 0 saturated heterocycles. The van der Waals surface area contributed by atoms with E-state index in [-0.39, 0.29) is 6.42 Å². The lowest BCUT2D eigenvalue weighted by Gasteiger charge is -2.16. The molecule has 2 rings (SSSR count). The van der Waals surface area contributed by atoms with Crippen molar-refractivity contribution in [2.45, 2.75) is 12.5 Å². The minimum Gasteiger partial charge on any atom is -0.398 e. The molecular weight excluding hydrogens is 240 g/mol. The molecule has 0 bridgehead atoms. The van der Waals surface area contributed by atoms with Gasteiger partial charge in [0.05, 0.1) is 6.42 Å². The second-order valence-corrected chi connectivity index (χ2v) is 4.38. The summed E-state index contributed by atoms with van der Waals surface area (Å²) in [6, 6.07) is 14.5. The van der Waals surface area contributed by atoms with Gasteiger partial charge in [0, 0.05) is 11.3 Å². The van der Waals surface area contributed by atoms with E-state index in [1.165, 1.54) is 0 Å². The molecule has 19 heavy (non-hydrogen) atoms. The number of amides is 1. The molecule has 0 heterocycles. The van der Waals surface area contributed by atoms with Crippen LogP contribution in [-0.4, -0.2) is 11.0 Å². The Morgan fingerprint density at radius 1 is 1.11 bits per heavy atom. The number of aliphatic hydroxyl groups excluding tert-OH is 1. The Hall–Kier alpha value is -2.33. The Balaban J connectivity index is 2.37. The molecule has 0 aliphatic rings. The molecule has 1 amide bonds. The first-order chi connectivity index (χ1) is 9.09. The summed E-state index contributed by atoms with van der Waals surface area (Å²) in [6.07, 6.45) is -0.740. The van der Waals surface area contributed by atoms with Crippen molar-refractivity contribution in [1.82, 2.24) is 0 Å². The zero-order valence-electron chi connectivity index (χ0n) is 10.4. The van der Waals surface area contributed by atoms with Gasteiger partial charge >= 0.3 is 0 Å². The highest BCUT2D eigenvalue weighted by Gasteiger charge is 2.15. The highest BCUT2D eigenvalue weighted by Crippen LogP contribution is 2.28. The molecule has 2 aromatic rings. The predicted molar refractivity (Wildman–Crippen MR) is 74.3 cm³/mol. The lowest BCUT2D eigenvalue weighted by Crippen LogP contribution is -2.16. The van der Waals surface area contributed by atoms with E-state index in [0.717, 1.165) is 5.56 Å². The second-order valence-electron chi connectivity index (χ2n) is 4.38. The van der Waals surface area contributed by atoms with Crippen LogP contribution in [0.3, 0.4) is 0 Å². The average Bonchev–Trinajstić information content (AvgIpc) is 2.41. The number of primary amides is 1. The zero-order chi connectivity index (χ0) is 13.8. The van der Waals surface area contributed by atoms with Crippen molar-refractivity contribution < 1.29 is 9.90 Å². The molecule has 2 aromatic carbocycles. The van der Waals surface area contributed by atoms with Crippen LogP contribution in [0.1, 0.15) is 22.8 Å². The highest BCUT2D eigenvalue weighted by atomic mass is 16.3. The van der Waals surface area contributed by atoms with E-state index in [1.54, 1.807) is 18.2 Å². The molecule has 0 aliphatic carbocycles. The van der Waals surface area contributed by atoms with Crippen LogP contribution in [0.5, 0.6) is 0 Å². The monoisotopic (exact) mass is 256 g/mol. The molecule has 1 atom stereocenters. The number of hydrogen-bond acceptors (Lipinski definition) is 3. The van der Waals surface area contributed by atoms with Gasteiger partial charge in [-0.05, 0) is 11.1 Å². The number of benzene rings is 2. The van der Waals surface area contributed by atoms with E-state index in [2.05, 4.69) is 0 Å². The molecule has 4 heteroatoms. The maximum Gasteiger partial charge on any atom is 0.221 e. The smallest absolute Gasteiger partial charge is 0.221 e. The Labute approximate surface area is 111 Å². The zero-order valence-corrected chi connectivity index (χ0v) is 10.4. The number of carbonyl (C=O) groups excluding carboxylic acids is 1. The van der Waals surface area contributed by atoms with Gasteiger partial charge in [-0.2, -0.15) is 0 Å². The number of hydrogen-bond donors (Lipinski definition) is 3. The largest absolute Gasteiger partial charge is 0.398 e. The molecular formula is C15H16N2O2. The first-order valence-electron chi connectivity index (χ1n) is 5.98. The van der Waals surface area contributed by atoms with Crippen LogP contribution >= 0.6 is 0 Å². The van der Waals surface area contributed by atoms with Crippen LogP contribution in [-0.2, 0) is 11.2 Å². The lowest BCUT2D eigenvalue weighted by molar-refractivity contribution is -0.117. The number of rotatable bonds is 4. The molecule has 0 aromatic heterocycles. The van der Waals surface area contributed by atoms with Gasteiger partial charge in [0.15, 0.2) is 0 Å². The molecule has 0 saturated carbocycles. The molecule has 5 N–H and O–H groups in total. The Morgan fingerprint density at radius 3 is 2.42 bits per heavy atom. The number of para-hydroxylation sites is 1. The van der Waals surface area contributed by atoms with Crippen LogP contribution in [0, 0.1) is 0 Å². The van der Waals surface area contributed by atoms with Crippen molar-refractivity contribution >= 4 is 11.6 Å². The average molecular weight is 256 g/mol. The van der Waals surface area contributed by atoms with Gasteiger partial charge in [-0.25, -0.2) is 0 Å². The molecule has 0 aliphatic heterocycles. The number of anilines is 1.